The zero-order valence-electron chi connectivity index (χ0n) is 16.8. The molecule has 2 N–H and O–H groups in total. The zero-order chi connectivity index (χ0) is 18.3. The number of nitrogens with one attached hydrogen (secondary N) is 2. The molecule has 0 aromatic carbocycles. The highest BCUT2D eigenvalue weighted by molar-refractivity contribution is 14.0. The third-order valence-corrected chi connectivity index (χ3v) is 4.01. The van der Waals surface area contributed by atoms with Gasteiger partial charge >= 0.3 is 0 Å². The minimum absolute atomic E-state index is 0. The summed E-state index contributed by atoms with van der Waals surface area (Å²) < 4.78 is 7.67. The highest BCUT2D eigenvalue weighted by Crippen LogP contribution is 1.95. The summed E-state index contributed by atoms with van der Waals surface area (Å²) in [5, 5.41) is 14.9. The van der Waals surface area contributed by atoms with Crippen molar-refractivity contribution in [2.75, 3.05) is 26.3 Å². The van der Waals surface area contributed by atoms with Gasteiger partial charge in [-0.3, -0.25) is 4.99 Å². The second-order valence-electron chi connectivity index (χ2n) is 6.22. The van der Waals surface area contributed by atoms with E-state index in [0.29, 0.717) is 6.04 Å². The third-order valence-electron chi connectivity index (χ3n) is 4.01. The quantitative estimate of drug-likeness (QED) is 0.197. The minimum atomic E-state index is 0. The Morgan fingerprint density at radius 2 is 2.04 bits per heavy atom. The van der Waals surface area contributed by atoms with Crippen molar-refractivity contribution < 1.29 is 4.74 Å². The molecule has 1 heterocycles. The molecule has 0 fully saturated rings. The van der Waals surface area contributed by atoms with Crippen LogP contribution in [0.2, 0.25) is 0 Å². The van der Waals surface area contributed by atoms with E-state index in [4.69, 9.17) is 4.74 Å². The van der Waals surface area contributed by atoms with E-state index in [9.17, 15) is 0 Å². The average molecular weight is 480 g/mol. The van der Waals surface area contributed by atoms with Crippen molar-refractivity contribution >= 4 is 29.9 Å². The van der Waals surface area contributed by atoms with Gasteiger partial charge in [0.15, 0.2) is 5.96 Å². The lowest BCUT2D eigenvalue weighted by atomic mass is 10.3. The molecule has 0 aliphatic carbocycles. The van der Waals surface area contributed by atoms with Gasteiger partial charge in [0.2, 0.25) is 0 Å². The zero-order valence-corrected chi connectivity index (χ0v) is 19.2. The monoisotopic (exact) mass is 480 g/mol. The van der Waals surface area contributed by atoms with E-state index in [2.05, 4.69) is 58.1 Å². The molecule has 0 saturated heterocycles. The molecule has 0 aliphatic rings. The summed E-state index contributed by atoms with van der Waals surface area (Å²) >= 11 is 0. The first-order valence-electron chi connectivity index (χ1n) is 9.70. The number of aromatic nitrogens is 3. The normalized spacial score (nSPS) is 12.5. The Labute approximate surface area is 175 Å². The van der Waals surface area contributed by atoms with Gasteiger partial charge in [-0.15, -0.1) is 34.2 Å². The SMILES string of the molecule is CCCCOCCCN=C(NCCn1cnnc1CC)NC(C)CC.I. The summed E-state index contributed by atoms with van der Waals surface area (Å²) in [5.41, 5.74) is 0. The van der Waals surface area contributed by atoms with Gasteiger partial charge in [-0.05, 0) is 26.2 Å². The maximum absolute atomic E-state index is 5.59. The number of nitrogens with zero attached hydrogens (tertiary/aromatic N) is 4. The van der Waals surface area contributed by atoms with E-state index in [1.165, 1.54) is 6.42 Å². The molecule has 1 aromatic rings. The Balaban J connectivity index is 0.00000625. The number of aryl methyl sites for hydroxylation is 1. The lowest BCUT2D eigenvalue weighted by Crippen LogP contribution is -2.43. The molecule has 26 heavy (non-hydrogen) atoms. The van der Waals surface area contributed by atoms with E-state index in [-0.39, 0.29) is 24.0 Å². The van der Waals surface area contributed by atoms with E-state index in [1.807, 2.05) is 0 Å². The molecule has 0 saturated carbocycles. The molecule has 152 valence electrons. The van der Waals surface area contributed by atoms with Crippen LogP contribution in [-0.2, 0) is 17.7 Å². The molecule has 8 heteroatoms. The molecule has 1 unspecified atom stereocenters. The van der Waals surface area contributed by atoms with Gasteiger partial charge in [-0.25, -0.2) is 0 Å². The molecule has 1 aromatic heterocycles. The standard InChI is InChI=1S/C18H36N6O.HI/c1-5-8-13-25-14-9-10-19-18(22-16(4)6-2)20-11-12-24-15-21-23-17(24)7-3;/h15-16H,5-14H2,1-4H3,(H2,19,20,22);1H. The van der Waals surface area contributed by atoms with Crippen LogP contribution < -0.4 is 10.6 Å². The summed E-state index contributed by atoms with van der Waals surface area (Å²) in [4.78, 5) is 4.66. The molecular weight excluding hydrogens is 443 g/mol. The predicted octanol–water partition coefficient (Wildman–Crippen LogP) is 3.00. The second-order valence-corrected chi connectivity index (χ2v) is 6.22. The second kappa shape index (κ2) is 16.3. The molecule has 0 aliphatic heterocycles. The number of halogens is 1. The van der Waals surface area contributed by atoms with Gasteiger partial charge < -0.3 is 19.9 Å². The van der Waals surface area contributed by atoms with Crippen LogP contribution in [0.1, 0.15) is 59.2 Å². The Hall–Kier alpha value is -0.900. The van der Waals surface area contributed by atoms with Crippen LogP contribution in [0.15, 0.2) is 11.3 Å². The molecule has 0 amide bonds. The molecule has 1 rings (SSSR count). The number of hydrogen-bond acceptors (Lipinski definition) is 4. The number of unbranched alkanes of at least 4 members (excludes halogenated alkanes) is 1. The number of guanidine groups is 1. The van der Waals surface area contributed by atoms with Crippen LogP contribution in [0, 0.1) is 0 Å². The number of aliphatic imine (C=N–C) groups is 1. The van der Waals surface area contributed by atoms with Crippen molar-refractivity contribution in [3.8, 4) is 0 Å². The van der Waals surface area contributed by atoms with Crippen molar-refractivity contribution in [2.24, 2.45) is 4.99 Å². The van der Waals surface area contributed by atoms with Crippen LogP contribution >= 0.6 is 24.0 Å². The van der Waals surface area contributed by atoms with E-state index < -0.39 is 0 Å². The van der Waals surface area contributed by atoms with Gasteiger partial charge in [-0.1, -0.05) is 27.2 Å². The average Bonchev–Trinajstić information content (AvgIpc) is 3.08. The largest absolute Gasteiger partial charge is 0.381 e. The van der Waals surface area contributed by atoms with Crippen molar-refractivity contribution in [2.45, 2.75) is 72.4 Å². The summed E-state index contributed by atoms with van der Waals surface area (Å²) in [5.74, 6) is 1.88. The summed E-state index contributed by atoms with van der Waals surface area (Å²) in [7, 11) is 0. The molecule has 0 radical (unpaired) electrons. The fraction of sp³-hybridized carbons (Fsp3) is 0.833. The topological polar surface area (TPSA) is 76.4 Å². The van der Waals surface area contributed by atoms with Gasteiger partial charge in [0.25, 0.3) is 0 Å². The van der Waals surface area contributed by atoms with Crippen LogP contribution in [0.5, 0.6) is 0 Å². The molecule has 1 atom stereocenters. The van der Waals surface area contributed by atoms with Gasteiger partial charge in [0.05, 0.1) is 0 Å². The first-order valence-corrected chi connectivity index (χ1v) is 9.70. The maximum Gasteiger partial charge on any atom is 0.191 e. The lowest BCUT2D eigenvalue weighted by molar-refractivity contribution is 0.130. The summed E-state index contributed by atoms with van der Waals surface area (Å²) in [6.45, 7) is 12.6. The van der Waals surface area contributed by atoms with Crippen LogP contribution in [0.3, 0.4) is 0 Å². The molecular formula is C18H37IN6O. The Bertz CT molecular complexity index is 480. The molecule has 0 spiro atoms. The van der Waals surface area contributed by atoms with Crippen LogP contribution in [-0.4, -0.2) is 53.1 Å². The van der Waals surface area contributed by atoms with E-state index in [1.54, 1.807) is 6.33 Å². The highest BCUT2D eigenvalue weighted by atomic mass is 127. The fourth-order valence-electron chi connectivity index (χ4n) is 2.23. The van der Waals surface area contributed by atoms with Crippen molar-refractivity contribution in [3.63, 3.8) is 0 Å². The van der Waals surface area contributed by atoms with Gasteiger partial charge in [0.1, 0.15) is 12.2 Å². The van der Waals surface area contributed by atoms with Gasteiger partial charge in [0, 0.05) is 45.3 Å². The lowest BCUT2D eigenvalue weighted by Gasteiger charge is -2.17. The van der Waals surface area contributed by atoms with Crippen molar-refractivity contribution in [1.29, 1.82) is 0 Å². The smallest absolute Gasteiger partial charge is 0.191 e. The molecule has 0 bridgehead atoms. The predicted molar refractivity (Wildman–Crippen MR) is 118 cm³/mol. The first-order chi connectivity index (χ1) is 12.2. The van der Waals surface area contributed by atoms with Crippen molar-refractivity contribution in [1.82, 2.24) is 25.4 Å². The Morgan fingerprint density at radius 3 is 2.73 bits per heavy atom. The minimum Gasteiger partial charge on any atom is -0.381 e. The Morgan fingerprint density at radius 1 is 1.27 bits per heavy atom. The maximum atomic E-state index is 5.59. The number of ether oxygens (including phenoxy) is 1. The van der Waals surface area contributed by atoms with Gasteiger partial charge in [-0.2, -0.15) is 0 Å². The van der Waals surface area contributed by atoms with Crippen LogP contribution in [0.4, 0.5) is 0 Å². The third kappa shape index (κ3) is 10.9. The molecule has 7 nitrogen and oxygen atoms in total. The number of rotatable bonds is 13. The summed E-state index contributed by atoms with van der Waals surface area (Å²) in [6.07, 6.45) is 7.00. The highest BCUT2D eigenvalue weighted by Gasteiger charge is 2.05. The fourth-order valence-corrected chi connectivity index (χ4v) is 2.23. The Kier molecular flexibility index (Phi) is 15.7. The number of hydrogen-bond donors (Lipinski definition) is 2. The van der Waals surface area contributed by atoms with Crippen LogP contribution in [0.25, 0.3) is 0 Å². The van der Waals surface area contributed by atoms with E-state index >= 15 is 0 Å². The first kappa shape index (κ1) is 25.1. The van der Waals surface area contributed by atoms with Crippen molar-refractivity contribution in [3.05, 3.63) is 12.2 Å². The summed E-state index contributed by atoms with van der Waals surface area (Å²) in [6, 6.07) is 0.396. The van der Waals surface area contributed by atoms with E-state index in [0.717, 1.165) is 70.3 Å².